The van der Waals surface area contributed by atoms with E-state index in [1.165, 1.54) is 11.1 Å². The Labute approximate surface area is 298 Å². The highest BCUT2D eigenvalue weighted by atomic mass is 16.5. The largest absolute Gasteiger partial charge is 0.457 e. The Kier molecular flexibility index (Phi) is 8.21. The third-order valence-electron chi connectivity index (χ3n) is 10.3. The Hall–Kier alpha value is -4.38. The fourth-order valence-corrected chi connectivity index (χ4v) is 6.97. The minimum atomic E-state index is -0.956. The molecule has 0 N–H and O–H groups in total. The quantitative estimate of drug-likeness (QED) is 0.159. The number of carbonyl (C=O) groups is 2. The van der Waals surface area contributed by atoms with Gasteiger partial charge in [-0.1, -0.05) is 132 Å². The SMILES string of the molecule is CC(C)(C)c1cc2c(c(C(C)(C)C)c1)OC(=O)C2c1ccc(Oc2ccc(C3(C)C(=O)Oc4c(C(C)(C)C)cc(C(C)(C)C)cc43)cc2)cc1. The van der Waals surface area contributed by atoms with Gasteiger partial charge in [-0.3, -0.25) is 9.59 Å². The molecule has 0 radical (unpaired) electrons. The lowest BCUT2D eigenvalue weighted by Gasteiger charge is -2.28. The second-order valence-electron chi connectivity index (χ2n) is 18.4. The first-order chi connectivity index (χ1) is 23.0. The van der Waals surface area contributed by atoms with Crippen molar-refractivity contribution in [3.05, 3.63) is 117 Å². The van der Waals surface area contributed by atoms with E-state index in [2.05, 4.69) is 107 Å². The summed E-state index contributed by atoms with van der Waals surface area (Å²) in [6.07, 6.45) is 0. The van der Waals surface area contributed by atoms with Crippen molar-refractivity contribution in [3.63, 3.8) is 0 Å². The zero-order chi connectivity index (χ0) is 36.8. The second-order valence-corrected chi connectivity index (χ2v) is 18.4. The van der Waals surface area contributed by atoms with Crippen molar-refractivity contribution < 1.29 is 23.8 Å². The van der Waals surface area contributed by atoms with Gasteiger partial charge in [-0.05, 0) is 75.1 Å². The van der Waals surface area contributed by atoms with Crippen molar-refractivity contribution in [2.45, 2.75) is 123 Å². The molecule has 0 saturated carbocycles. The van der Waals surface area contributed by atoms with Gasteiger partial charge in [-0.2, -0.15) is 0 Å². The molecule has 4 aromatic carbocycles. The van der Waals surface area contributed by atoms with Crippen LogP contribution in [0.4, 0.5) is 0 Å². The van der Waals surface area contributed by atoms with E-state index in [4.69, 9.17) is 14.2 Å². The average Bonchev–Trinajstić information content (AvgIpc) is 3.47. The molecule has 2 unspecified atom stereocenters. The smallest absolute Gasteiger partial charge is 0.326 e. The zero-order valence-corrected chi connectivity index (χ0v) is 32.0. The Morgan fingerprint density at radius 2 is 1.06 bits per heavy atom. The summed E-state index contributed by atoms with van der Waals surface area (Å²) in [6, 6.07) is 24.0. The highest BCUT2D eigenvalue weighted by Gasteiger charge is 2.49. The van der Waals surface area contributed by atoms with Crippen LogP contribution in [0.1, 0.15) is 140 Å². The molecule has 0 saturated heterocycles. The van der Waals surface area contributed by atoms with Crippen molar-refractivity contribution in [1.82, 2.24) is 0 Å². The summed E-state index contributed by atoms with van der Waals surface area (Å²) in [5.74, 6) is 1.62. The predicted molar refractivity (Wildman–Crippen MR) is 200 cm³/mol. The maximum absolute atomic E-state index is 13.7. The number of carbonyl (C=O) groups excluding carboxylic acids is 2. The first-order valence-corrected chi connectivity index (χ1v) is 17.7. The Balaban J connectivity index is 1.28. The van der Waals surface area contributed by atoms with Crippen LogP contribution in [0.2, 0.25) is 0 Å². The zero-order valence-electron chi connectivity index (χ0n) is 32.0. The number of hydrogen-bond acceptors (Lipinski definition) is 5. The molecule has 0 aromatic heterocycles. The number of rotatable bonds is 4. The van der Waals surface area contributed by atoms with Gasteiger partial charge in [0.15, 0.2) is 0 Å². The molecule has 2 atom stereocenters. The molecule has 262 valence electrons. The van der Waals surface area contributed by atoms with Gasteiger partial charge >= 0.3 is 11.9 Å². The summed E-state index contributed by atoms with van der Waals surface area (Å²) >= 11 is 0. The lowest BCUT2D eigenvalue weighted by molar-refractivity contribution is -0.136. The van der Waals surface area contributed by atoms with E-state index < -0.39 is 11.3 Å². The number of fused-ring (bicyclic) bond motifs is 2. The van der Waals surface area contributed by atoms with Gasteiger partial charge in [-0.15, -0.1) is 0 Å². The van der Waals surface area contributed by atoms with Crippen LogP contribution >= 0.6 is 0 Å². The third kappa shape index (κ3) is 6.14. The molecule has 6 rings (SSSR count). The average molecular weight is 673 g/mol. The topological polar surface area (TPSA) is 61.8 Å². The lowest BCUT2D eigenvalue weighted by atomic mass is 9.72. The summed E-state index contributed by atoms with van der Waals surface area (Å²) in [5.41, 5.74) is 6.45. The minimum Gasteiger partial charge on any atom is -0.457 e. The number of benzene rings is 4. The van der Waals surface area contributed by atoms with Gasteiger partial charge in [0.25, 0.3) is 0 Å². The van der Waals surface area contributed by atoms with E-state index in [9.17, 15) is 9.59 Å². The molecule has 0 bridgehead atoms. The summed E-state index contributed by atoms with van der Waals surface area (Å²) in [7, 11) is 0. The summed E-state index contributed by atoms with van der Waals surface area (Å²) in [5, 5.41) is 0. The Morgan fingerprint density at radius 1 is 0.580 bits per heavy atom. The molecule has 5 heteroatoms. The maximum Gasteiger partial charge on any atom is 0.326 e. The monoisotopic (exact) mass is 672 g/mol. The fraction of sp³-hybridized carbons (Fsp3) is 0.422. The lowest BCUT2D eigenvalue weighted by Crippen LogP contribution is -2.31. The van der Waals surface area contributed by atoms with E-state index >= 15 is 0 Å². The molecule has 2 aliphatic rings. The van der Waals surface area contributed by atoms with Crippen LogP contribution in [0, 0.1) is 0 Å². The van der Waals surface area contributed by atoms with Crippen LogP contribution in [0.5, 0.6) is 23.0 Å². The van der Waals surface area contributed by atoms with Gasteiger partial charge in [0.2, 0.25) is 0 Å². The van der Waals surface area contributed by atoms with Crippen molar-refractivity contribution in [2.24, 2.45) is 0 Å². The highest BCUT2D eigenvalue weighted by Crippen LogP contribution is 2.51. The first-order valence-electron chi connectivity index (χ1n) is 17.7. The van der Waals surface area contributed by atoms with Crippen molar-refractivity contribution in [2.75, 3.05) is 0 Å². The van der Waals surface area contributed by atoms with Crippen molar-refractivity contribution in [1.29, 1.82) is 0 Å². The van der Waals surface area contributed by atoms with Gasteiger partial charge in [0.1, 0.15) is 34.3 Å². The molecule has 4 aromatic rings. The molecule has 0 spiro atoms. The van der Waals surface area contributed by atoms with Crippen LogP contribution in [0.3, 0.4) is 0 Å². The Morgan fingerprint density at radius 3 is 1.56 bits per heavy atom. The summed E-state index contributed by atoms with van der Waals surface area (Å²) in [6.45, 7) is 28.0. The molecule has 2 heterocycles. The molecule has 0 amide bonds. The highest BCUT2D eigenvalue weighted by molar-refractivity contribution is 5.95. The first kappa shape index (κ1) is 35.4. The van der Waals surface area contributed by atoms with E-state index in [1.54, 1.807) is 0 Å². The maximum atomic E-state index is 13.7. The molecule has 50 heavy (non-hydrogen) atoms. The molecular weight excluding hydrogens is 620 g/mol. The predicted octanol–water partition coefficient (Wildman–Crippen LogP) is 10.9. The molecule has 0 aliphatic carbocycles. The van der Waals surface area contributed by atoms with E-state index in [-0.39, 0.29) is 33.6 Å². The van der Waals surface area contributed by atoms with Crippen LogP contribution in [0.15, 0.2) is 72.8 Å². The Bertz CT molecular complexity index is 1990. The van der Waals surface area contributed by atoms with Gasteiger partial charge in [0, 0.05) is 22.3 Å². The minimum absolute atomic E-state index is 0.0813. The van der Waals surface area contributed by atoms with Crippen LogP contribution < -0.4 is 14.2 Å². The van der Waals surface area contributed by atoms with Crippen LogP contribution in [-0.4, -0.2) is 11.9 Å². The molecule has 5 nitrogen and oxygen atoms in total. The normalized spacial score (nSPS) is 19.2. The van der Waals surface area contributed by atoms with E-state index in [1.807, 2.05) is 55.5 Å². The van der Waals surface area contributed by atoms with E-state index in [0.717, 1.165) is 33.4 Å². The van der Waals surface area contributed by atoms with Crippen LogP contribution in [-0.2, 0) is 36.7 Å². The van der Waals surface area contributed by atoms with Gasteiger partial charge in [-0.25, -0.2) is 0 Å². The number of ether oxygens (including phenoxy) is 3. The summed E-state index contributed by atoms with van der Waals surface area (Å²) < 4.78 is 18.3. The van der Waals surface area contributed by atoms with Gasteiger partial charge < -0.3 is 14.2 Å². The standard InChI is InChI=1S/C45H52O5/c1-41(2,3)28-22-32-36(39(46)49-37(32)33(23-28)43(7,8)9)26-14-18-30(19-15-26)48-31-20-16-27(17-21-31)45(13)35-25-29(42(4,5)6)24-34(44(10,11)12)38(35)50-40(45)47/h14-25,36H,1-13H3. The molecular formula is C45H52O5. The summed E-state index contributed by atoms with van der Waals surface area (Å²) in [4.78, 5) is 27.0. The van der Waals surface area contributed by atoms with Crippen molar-refractivity contribution >= 4 is 11.9 Å². The van der Waals surface area contributed by atoms with Crippen molar-refractivity contribution in [3.8, 4) is 23.0 Å². The van der Waals surface area contributed by atoms with Gasteiger partial charge in [0.05, 0.1) is 0 Å². The molecule has 0 fully saturated rings. The number of hydrogen-bond donors (Lipinski definition) is 0. The van der Waals surface area contributed by atoms with Crippen LogP contribution in [0.25, 0.3) is 0 Å². The third-order valence-corrected chi connectivity index (χ3v) is 10.3. The van der Waals surface area contributed by atoms with E-state index in [0.29, 0.717) is 23.0 Å². The number of esters is 2. The second kappa shape index (κ2) is 11.6. The molecule has 2 aliphatic heterocycles. The fourth-order valence-electron chi connectivity index (χ4n) is 6.97.